The standard InChI is InChI=1S/C28H20ClFN4O5/c1-15(13-38-18-6-3-16-4-8-26(35)39-24(16)10-18)28(36)34-23-11-19-22(12-25(23)37-2)31-14-32-27(19)33-17-5-7-21(30)20(29)9-17/h3-12,14H,1,13H2,2H3,(H,34,36)(H,31,32,33). The van der Waals surface area contributed by atoms with Crippen molar-refractivity contribution < 1.29 is 23.1 Å². The van der Waals surface area contributed by atoms with Gasteiger partial charge in [-0.1, -0.05) is 18.2 Å². The molecule has 0 spiro atoms. The Morgan fingerprint density at radius 2 is 1.92 bits per heavy atom. The molecule has 2 N–H and O–H groups in total. The van der Waals surface area contributed by atoms with E-state index in [-0.39, 0.29) is 17.2 Å². The summed E-state index contributed by atoms with van der Waals surface area (Å²) in [7, 11) is 1.47. The van der Waals surface area contributed by atoms with Crippen LogP contribution in [0.2, 0.25) is 5.02 Å². The van der Waals surface area contributed by atoms with Crippen LogP contribution in [0.15, 0.2) is 88.4 Å². The number of ether oxygens (including phenoxy) is 2. The highest BCUT2D eigenvalue weighted by atomic mass is 35.5. The average Bonchev–Trinajstić information content (AvgIpc) is 2.93. The lowest BCUT2D eigenvalue weighted by Crippen LogP contribution is -2.18. The molecule has 196 valence electrons. The first kappa shape index (κ1) is 25.7. The van der Waals surface area contributed by atoms with Gasteiger partial charge in [-0.15, -0.1) is 0 Å². The lowest BCUT2D eigenvalue weighted by molar-refractivity contribution is -0.113. The second-order valence-corrected chi connectivity index (χ2v) is 8.75. The number of anilines is 3. The Balaban J connectivity index is 1.34. The van der Waals surface area contributed by atoms with E-state index in [1.54, 1.807) is 36.4 Å². The smallest absolute Gasteiger partial charge is 0.336 e. The third kappa shape index (κ3) is 5.65. The van der Waals surface area contributed by atoms with Crippen molar-refractivity contribution in [2.45, 2.75) is 0 Å². The van der Waals surface area contributed by atoms with Gasteiger partial charge < -0.3 is 24.5 Å². The maximum atomic E-state index is 13.6. The first-order valence-electron chi connectivity index (χ1n) is 11.5. The fourth-order valence-corrected chi connectivity index (χ4v) is 3.92. The van der Waals surface area contributed by atoms with Gasteiger partial charge in [-0.3, -0.25) is 4.79 Å². The van der Waals surface area contributed by atoms with Gasteiger partial charge in [-0.2, -0.15) is 0 Å². The van der Waals surface area contributed by atoms with Crippen molar-refractivity contribution in [3.63, 3.8) is 0 Å². The molecule has 5 rings (SSSR count). The van der Waals surface area contributed by atoms with Crippen LogP contribution in [-0.2, 0) is 4.79 Å². The van der Waals surface area contributed by atoms with Crippen LogP contribution in [0.3, 0.4) is 0 Å². The SMILES string of the molecule is C=C(COc1ccc2ccc(=O)oc2c1)C(=O)Nc1cc2c(Nc3ccc(F)c(Cl)c3)ncnc2cc1OC. The van der Waals surface area contributed by atoms with Crippen molar-refractivity contribution >= 4 is 56.6 Å². The molecule has 9 nitrogen and oxygen atoms in total. The molecule has 0 fully saturated rings. The van der Waals surface area contributed by atoms with Crippen LogP contribution < -0.4 is 25.7 Å². The van der Waals surface area contributed by atoms with Crippen LogP contribution in [0.5, 0.6) is 11.5 Å². The maximum Gasteiger partial charge on any atom is 0.336 e. The molecule has 0 unspecified atom stereocenters. The lowest BCUT2D eigenvalue weighted by Gasteiger charge is -2.15. The maximum absolute atomic E-state index is 13.6. The van der Waals surface area contributed by atoms with Gasteiger partial charge in [0.05, 0.1) is 23.3 Å². The summed E-state index contributed by atoms with van der Waals surface area (Å²) < 4.78 is 29.9. The number of hydrogen-bond acceptors (Lipinski definition) is 8. The van der Waals surface area contributed by atoms with Gasteiger partial charge in [0.25, 0.3) is 5.91 Å². The van der Waals surface area contributed by atoms with Crippen molar-refractivity contribution in [3.8, 4) is 11.5 Å². The van der Waals surface area contributed by atoms with Crippen LogP contribution >= 0.6 is 11.6 Å². The Bertz CT molecular complexity index is 1810. The summed E-state index contributed by atoms with van der Waals surface area (Å²) >= 11 is 5.90. The first-order valence-corrected chi connectivity index (χ1v) is 11.9. The van der Waals surface area contributed by atoms with Crippen molar-refractivity contribution in [1.29, 1.82) is 0 Å². The van der Waals surface area contributed by atoms with Gasteiger partial charge >= 0.3 is 5.63 Å². The summed E-state index contributed by atoms with van der Waals surface area (Å²) in [5, 5.41) is 7.13. The number of halogens is 2. The normalized spacial score (nSPS) is 10.8. The zero-order valence-electron chi connectivity index (χ0n) is 20.5. The third-order valence-corrected chi connectivity index (χ3v) is 6.01. The molecule has 0 aliphatic carbocycles. The molecule has 0 bridgehead atoms. The minimum atomic E-state index is -0.541. The fourth-order valence-electron chi connectivity index (χ4n) is 3.74. The summed E-state index contributed by atoms with van der Waals surface area (Å²) in [6, 6.07) is 15.5. The van der Waals surface area contributed by atoms with Gasteiger partial charge in [-0.25, -0.2) is 19.2 Å². The van der Waals surface area contributed by atoms with Crippen molar-refractivity contribution in [1.82, 2.24) is 9.97 Å². The second-order valence-electron chi connectivity index (χ2n) is 8.35. The first-order chi connectivity index (χ1) is 18.8. The van der Waals surface area contributed by atoms with Gasteiger partial charge in [-0.05, 0) is 42.5 Å². The number of benzene rings is 3. The van der Waals surface area contributed by atoms with E-state index < -0.39 is 17.3 Å². The molecule has 39 heavy (non-hydrogen) atoms. The molecule has 0 saturated heterocycles. The molecule has 5 aromatic rings. The van der Waals surface area contributed by atoms with E-state index in [2.05, 4.69) is 27.2 Å². The summed E-state index contributed by atoms with van der Waals surface area (Å²) in [4.78, 5) is 33.0. The molecule has 2 aromatic heterocycles. The molecular formula is C28H20ClFN4O5. The second kappa shape index (κ2) is 10.8. The Morgan fingerprint density at radius 1 is 1.10 bits per heavy atom. The van der Waals surface area contributed by atoms with Gasteiger partial charge in [0, 0.05) is 40.2 Å². The Kier molecular flexibility index (Phi) is 7.11. The highest BCUT2D eigenvalue weighted by Gasteiger charge is 2.16. The van der Waals surface area contributed by atoms with Crippen molar-refractivity contribution in [2.24, 2.45) is 0 Å². The highest BCUT2D eigenvalue weighted by Crippen LogP contribution is 2.34. The third-order valence-electron chi connectivity index (χ3n) is 5.72. The van der Waals surface area contributed by atoms with Crippen LogP contribution in [0.25, 0.3) is 21.9 Å². The number of aromatic nitrogens is 2. The number of nitrogens with one attached hydrogen (secondary N) is 2. The van der Waals surface area contributed by atoms with E-state index in [9.17, 15) is 14.0 Å². The number of carbonyl (C=O) groups excluding carboxylic acids is 1. The van der Waals surface area contributed by atoms with Crippen molar-refractivity contribution in [2.75, 3.05) is 24.4 Å². The summed E-state index contributed by atoms with van der Waals surface area (Å²) in [5.74, 6) is 0.134. The minimum absolute atomic E-state index is 0.0399. The number of rotatable bonds is 8. The zero-order chi connectivity index (χ0) is 27.5. The van der Waals surface area contributed by atoms with E-state index in [1.807, 2.05) is 0 Å². The van der Waals surface area contributed by atoms with Gasteiger partial charge in [0.1, 0.15) is 41.7 Å². The van der Waals surface area contributed by atoms with Crippen molar-refractivity contribution in [3.05, 3.63) is 100 Å². The quantitative estimate of drug-likeness (QED) is 0.184. The number of carbonyl (C=O) groups is 1. The number of fused-ring (bicyclic) bond motifs is 2. The Hall–Kier alpha value is -4.96. The monoisotopic (exact) mass is 546 g/mol. The van der Waals surface area contributed by atoms with Crippen LogP contribution in [-0.4, -0.2) is 29.6 Å². The van der Waals surface area contributed by atoms with Gasteiger partial charge in [0.15, 0.2) is 0 Å². The molecule has 0 saturated carbocycles. The molecule has 0 aliphatic heterocycles. The molecule has 11 heteroatoms. The average molecular weight is 547 g/mol. The van der Waals surface area contributed by atoms with E-state index in [0.717, 1.165) is 5.39 Å². The highest BCUT2D eigenvalue weighted by molar-refractivity contribution is 6.31. The van der Waals surface area contributed by atoms with Crippen LogP contribution in [0, 0.1) is 5.82 Å². The number of hydrogen-bond donors (Lipinski definition) is 2. The summed E-state index contributed by atoms with van der Waals surface area (Å²) in [6.45, 7) is 3.70. The summed E-state index contributed by atoms with van der Waals surface area (Å²) in [6.07, 6.45) is 1.37. The minimum Gasteiger partial charge on any atom is -0.494 e. The summed E-state index contributed by atoms with van der Waals surface area (Å²) in [5.41, 5.74) is 1.43. The van der Waals surface area contributed by atoms with E-state index in [4.69, 9.17) is 25.5 Å². The number of methoxy groups -OCH3 is 1. The molecule has 1 amide bonds. The van der Waals surface area contributed by atoms with E-state index >= 15 is 0 Å². The molecule has 3 aromatic carbocycles. The molecular weight excluding hydrogens is 527 g/mol. The Labute approximate surface area is 225 Å². The topological polar surface area (TPSA) is 116 Å². The van der Waals surface area contributed by atoms with Crippen LogP contribution in [0.4, 0.5) is 21.6 Å². The fraction of sp³-hybridized carbons (Fsp3) is 0.0714. The predicted octanol–water partition coefficient (Wildman–Crippen LogP) is 5.85. The van der Waals surface area contributed by atoms with Crippen LogP contribution in [0.1, 0.15) is 0 Å². The van der Waals surface area contributed by atoms with Gasteiger partial charge in [0.2, 0.25) is 0 Å². The largest absolute Gasteiger partial charge is 0.494 e. The number of amides is 1. The molecule has 0 radical (unpaired) electrons. The zero-order valence-corrected chi connectivity index (χ0v) is 21.2. The predicted molar refractivity (Wildman–Crippen MR) is 147 cm³/mol. The lowest BCUT2D eigenvalue weighted by atomic mass is 10.1. The number of nitrogens with zero attached hydrogens (tertiary/aromatic N) is 2. The van der Waals surface area contributed by atoms with E-state index in [0.29, 0.717) is 45.2 Å². The molecule has 0 atom stereocenters. The van der Waals surface area contributed by atoms with E-state index in [1.165, 1.54) is 37.7 Å². The Morgan fingerprint density at radius 3 is 2.72 bits per heavy atom. The molecule has 2 heterocycles. The molecule has 0 aliphatic rings.